The molecule has 6 nitrogen and oxygen atoms in total. The molecule has 2 heterocycles. The molecule has 0 unspecified atom stereocenters. The van der Waals surface area contributed by atoms with Crippen molar-refractivity contribution in [3.8, 4) is 0 Å². The highest BCUT2D eigenvalue weighted by Gasteiger charge is 2.16. The average Bonchev–Trinajstić information content (AvgIpc) is 2.77. The largest absolute Gasteiger partial charge is 0.278 e. The van der Waals surface area contributed by atoms with E-state index < -0.39 is 10.0 Å². The second kappa shape index (κ2) is 4.63. The van der Waals surface area contributed by atoms with Gasteiger partial charge in [0.15, 0.2) is 5.03 Å². The van der Waals surface area contributed by atoms with Gasteiger partial charge in [-0.15, -0.1) is 0 Å². The van der Waals surface area contributed by atoms with E-state index in [0.717, 1.165) is 0 Å². The number of pyridine rings is 1. The second-order valence-electron chi connectivity index (χ2n) is 3.02. The van der Waals surface area contributed by atoms with E-state index >= 15 is 0 Å². The van der Waals surface area contributed by atoms with Gasteiger partial charge >= 0.3 is 0 Å². The molecule has 0 atom stereocenters. The molecule has 2 aromatic rings. The van der Waals surface area contributed by atoms with Gasteiger partial charge in [-0.1, -0.05) is 11.6 Å². The van der Waals surface area contributed by atoms with Crippen LogP contribution in [-0.4, -0.2) is 23.6 Å². The number of aromatic nitrogens is 3. The van der Waals surface area contributed by atoms with Crippen molar-refractivity contribution in [2.45, 2.75) is 5.03 Å². The molecular weight excluding hydrogens is 332 g/mol. The third-order valence-electron chi connectivity index (χ3n) is 1.81. The first kappa shape index (κ1) is 12.3. The third-order valence-corrected chi connectivity index (χ3v) is 4.26. The van der Waals surface area contributed by atoms with Crippen molar-refractivity contribution in [3.63, 3.8) is 0 Å². The minimum atomic E-state index is -3.67. The smallest absolute Gasteiger partial charge is 0.277 e. The Morgan fingerprint density at radius 1 is 1.47 bits per heavy atom. The molecule has 0 fully saturated rings. The fraction of sp³-hybridized carbons (Fsp3) is 0. The van der Waals surface area contributed by atoms with E-state index in [0.29, 0.717) is 10.2 Å². The van der Waals surface area contributed by atoms with Crippen molar-refractivity contribution in [3.05, 3.63) is 34.2 Å². The molecule has 2 rings (SSSR count). The van der Waals surface area contributed by atoms with Crippen LogP contribution in [-0.2, 0) is 10.0 Å². The van der Waals surface area contributed by atoms with Crippen LogP contribution >= 0.6 is 27.5 Å². The van der Waals surface area contributed by atoms with E-state index in [4.69, 9.17) is 11.6 Å². The standard InChI is InChI=1S/C8H6BrClN4O2S/c9-6-3-5(4-11-8(6)10)14-17(15,16)7-1-2-12-13-7/h1-4,14H,(H,12,13). The predicted octanol–water partition coefficient (Wildman–Crippen LogP) is 2.02. The second-order valence-corrected chi connectivity index (χ2v) is 5.89. The Labute approximate surface area is 111 Å². The summed E-state index contributed by atoms with van der Waals surface area (Å²) in [5.41, 5.74) is 0.302. The third kappa shape index (κ3) is 2.76. The van der Waals surface area contributed by atoms with E-state index in [-0.39, 0.29) is 10.2 Å². The molecule has 0 aromatic carbocycles. The first-order chi connectivity index (χ1) is 7.99. The van der Waals surface area contributed by atoms with Gasteiger partial charge in [-0.3, -0.25) is 9.82 Å². The Bertz CT molecular complexity index is 629. The monoisotopic (exact) mass is 336 g/mol. The summed E-state index contributed by atoms with van der Waals surface area (Å²) in [6.45, 7) is 0. The van der Waals surface area contributed by atoms with Gasteiger partial charge in [-0.05, 0) is 28.1 Å². The molecule has 0 aliphatic carbocycles. The average molecular weight is 338 g/mol. The molecule has 9 heteroatoms. The van der Waals surface area contributed by atoms with Crippen LogP contribution in [0.4, 0.5) is 5.69 Å². The number of hydrogen-bond donors (Lipinski definition) is 2. The molecule has 0 aliphatic rings. The molecule has 2 N–H and O–H groups in total. The summed E-state index contributed by atoms with van der Waals surface area (Å²) in [7, 11) is -3.67. The molecule has 0 saturated heterocycles. The minimum Gasteiger partial charge on any atom is -0.277 e. The van der Waals surface area contributed by atoms with Gasteiger partial charge in [0.2, 0.25) is 0 Å². The molecule has 0 amide bonds. The topological polar surface area (TPSA) is 87.7 Å². The van der Waals surface area contributed by atoms with Gasteiger partial charge in [0.05, 0.1) is 22.6 Å². The summed E-state index contributed by atoms with van der Waals surface area (Å²) in [6.07, 6.45) is 2.67. The highest BCUT2D eigenvalue weighted by atomic mass is 79.9. The van der Waals surface area contributed by atoms with Crippen molar-refractivity contribution in [2.75, 3.05) is 4.72 Å². The molecule has 0 saturated carbocycles. The molecule has 0 bridgehead atoms. The zero-order valence-corrected chi connectivity index (χ0v) is 11.3. The van der Waals surface area contributed by atoms with Crippen LogP contribution in [0.25, 0.3) is 0 Å². The molecule has 17 heavy (non-hydrogen) atoms. The van der Waals surface area contributed by atoms with Crippen molar-refractivity contribution >= 4 is 43.2 Å². The fourth-order valence-corrected chi connectivity index (χ4v) is 2.48. The lowest BCUT2D eigenvalue weighted by Gasteiger charge is -2.06. The van der Waals surface area contributed by atoms with E-state index in [1.54, 1.807) is 0 Å². The number of sulfonamides is 1. The van der Waals surface area contributed by atoms with Gasteiger partial charge in [0.1, 0.15) is 5.15 Å². The number of nitrogens with one attached hydrogen (secondary N) is 2. The lowest BCUT2D eigenvalue weighted by Crippen LogP contribution is -2.13. The summed E-state index contributed by atoms with van der Waals surface area (Å²) in [6, 6.07) is 2.87. The van der Waals surface area contributed by atoms with Crippen LogP contribution in [0.5, 0.6) is 0 Å². The first-order valence-corrected chi connectivity index (χ1v) is 6.98. The Balaban J connectivity index is 2.30. The zero-order valence-electron chi connectivity index (χ0n) is 8.18. The molecular formula is C8H6BrClN4O2S. The lowest BCUT2D eigenvalue weighted by atomic mass is 10.4. The number of hydrogen-bond acceptors (Lipinski definition) is 4. The molecule has 0 aliphatic heterocycles. The van der Waals surface area contributed by atoms with E-state index in [2.05, 4.69) is 35.8 Å². The summed E-state index contributed by atoms with van der Waals surface area (Å²) >= 11 is 8.85. The molecule has 2 aromatic heterocycles. The van der Waals surface area contributed by atoms with Crippen molar-refractivity contribution < 1.29 is 8.42 Å². The highest BCUT2D eigenvalue weighted by molar-refractivity contribution is 9.10. The summed E-state index contributed by atoms with van der Waals surface area (Å²) in [5.74, 6) is 0. The SMILES string of the molecule is O=S(=O)(Nc1cnc(Cl)c(Br)c1)c1ccn[nH]1. The molecule has 0 spiro atoms. The van der Waals surface area contributed by atoms with Gasteiger partial charge < -0.3 is 0 Å². The number of rotatable bonds is 3. The minimum absolute atomic E-state index is 0.0245. The van der Waals surface area contributed by atoms with E-state index in [9.17, 15) is 8.42 Å². The van der Waals surface area contributed by atoms with Crippen LogP contribution < -0.4 is 4.72 Å². The maximum Gasteiger partial charge on any atom is 0.278 e. The van der Waals surface area contributed by atoms with Crippen LogP contribution in [0, 0.1) is 0 Å². The summed E-state index contributed by atoms with van der Waals surface area (Å²) in [5, 5.41) is 6.17. The number of anilines is 1. The molecule has 90 valence electrons. The highest BCUT2D eigenvalue weighted by Crippen LogP contribution is 2.24. The summed E-state index contributed by atoms with van der Waals surface area (Å²) < 4.78 is 26.4. The number of aromatic amines is 1. The number of H-pyrrole nitrogens is 1. The quantitative estimate of drug-likeness (QED) is 0.839. The van der Waals surface area contributed by atoms with Crippen molar-refractivity contribution in [1.29, 1.82) is 0 Å². The summed E-state index contributed by atoms with van der Waals surface area (Å²) in [4.78, 5) is 3.81. The first-order valence-electron chi connectivity index (χ1n) is 4.32. The van der Waals surface area contributed by atoms with Crippen LogP contribution in [0.3, 0.4) is 0 Å². The fourth-order valence-electron chi connectivity index (χ4n) is 1.08. The number of nitrogens with zero attached hydrogens (tertiary/aromatic N) is 2. The van der Waals surface area contributed by atoms with Crippen LogP contribution in [0.2, 0.25) is 5.15 Å². The Hall–Kier alpha value is -1.12. The maximum atomic E-state index is 11.8. The lowest BCUT2D eigenvalue weighted by molar-refractivity contribution is 0.597. The Kier molecular flexibility index (Phi) is 3.36. The van der Waals surface area contributed by atoms with Crippen molar-refractivity contribution in [1.82, 2.24) is 15.2 Å². The van der Waals surface area contributed by atoms with E-state index in [1.165, 1.54) is 24.5 Å². The van der Waals surface area contributed by atoms with Gasteiger partial charge in [-0.2, -0.15) is 13.5 Å². The van der Waals surface area contributed by atoms with Gasteiger partial charge in [0, 0.05) is 0 Å². The normalized spacial score (nSPS) is 11.4. The maximum absolute atomic E-state index is 11.8. The van der Waals surface area contributed by atoms with Crippen molar-refractivity contribution in [2.24, 2.45) is 0 Å². The Morgan fingerprint density at radius 3 is 2.82 bits per heavy atom. The van der Waals surface area contributed by atoms with Gasteiger partial charge in [0.25, 0.3) is 10.0 Å². The van der Waals surface area contributed by atoms with E-state index in [1.807, 2.05) is 0 Å². The zero-order chi connectivity index (χ0) is 12.5. The number of halogens is 2. The Morgan fingerprint density at radius 2 is 2.24 bits per heavy atom. The van der Waals surface area contributed by atoms with Crippen LogP contribution in [0.1, 0.15) is 0 Å². The molecule has 0 radical (unpaired) electrons. The predicted molar refractivity (Wildman–Crippen MR) is 66.3 cm³/mol. The van der Waals surface area contributed by atoms with Crippen LogP contribution in [0.15, 0.2) is 34.0 Å². The van der Waals surface area contributed by atoms with Gasteiger partial charge in [-0.25, -0.2) is 4.98 Å².